The van der Waals surface area contributed by atoms with Crippen molar-refractivity contribution in [2.45, 2.75) is 148 Å². The lowest BCUT2D eigenvalue weighted by atomic mass is 10.1. The fourth-order valence-corrected chi connectivity index (χ4v) is 6.63. The van der Waals surface area contributed by atoms with Gasteiger partial charge in [0.25, 0.3) is 0 Å². The van der Waals surface area contributed by atoms with E-state index in [-0.39, 0.29) is 5.78 Å². The van der Waals surface area contributed by atoms with E-state index in [1.54, 1.807) is 0 Å². The average molecular weight is 503 g/mol. The van der Waals surface area contributed by atoms with Crippen LogP contribution in [0.5, 0.6) is 0 Å². The van der Waals surface area contributed by atoms with Gasteiger partial charge in [0.05, 0.1) is 27.7 Å². The van der Waals surface area contributed by atoms with E-state index in [9.17, 15) is 9.46 Å². The Morgan fingerprint density at radius 1 is 0.676 bits per heavy atom. The third kappa shape index (κ3) is 20.1. The summed E-state index contributed by atoms with van der Waals surface area (Å²) in [6.45, 7) is 4.64. The van der Waals surface area contributed by atoms with Crippen molar-refractivity contribution in [3.8, 4) is 0 Å². The summed E-state index contributed by atoms with van der Waals surface area (Å²) in [4.78, 5) is 10.3. The summed E-state index contributed by atoms with van der Waals surface area (Å²) in [5, 5.41) is 0. The molecule has 34 heavy (non-hydrogen) atoms. The van der Waals surface area contributed by atoms with Crippen LogP contribution in [0.25, 0.3) is 0 Å². The molecule has 5 heteroatoms. The van der Waals surface area contributed by atoms with Crippen LogP contribution in [0.4, 0.5) is 0 Å². The number of quaternary nitrogens is 1. The molecule has 0 aromatic carbocycles. The summed E-state index contributed by atoms with van der Waals surface area (Å²) in [7, 11) is 2.31. The van der Waals surface area contributed by atoms with Crippen LogP contribution in [0.1, 0.15) is 142 Å². The van der Waals surface area contributed by atoms with Gasteiger partial charge in [-0.3, -0.25) is 4.57 Å². The van der Waals surface area contributed by atoms with Gasteiger partial charge < -0.3 is 13.9 Å². The van der Waals surface area contributed by atoms with Crippen molar-refractivity contribution in [2.75, 3.05) is 27.7 Å². The first-order valence-electron chi connectivity index (χ1n) is 14.7. The maximum absolute atomic E-state index is 12.5. The number of rotatable bonds is 25. The molecule has 4 nitrogen and oxygen atoms in total. The van der Waals surface area contributed by atoms with Crippen LogP contribution < -0.4 is 0 Å². The summed E-state index contributed by atoms with van der Waals surface area (Å²) < 4.78 is 18.4. The summed E-state index contributed by atoms with van der Waals surface area (Å²) in [5.41, 5.74) is 0. The monoisotopic (exact) mass is 502 g/mol. The highest BCUT2D eigenvalue weighted by molar-refractivity contribution is 7.53. The average Bonchev–Trinajstić information content (AvgIpc) is 2.76. The number of nitrogens with zero attached hydrogens (tertiary/aromatic N) is 1. The van der Waals surface area contributed by atoms with Gasteiger partial charge in [-0.05, 0) is 32.1 Å². The van der Waals surface area contributed by atoms with Gasteiger partial charge in [0.15, 0.2) is 5.78 Å². The van der Waals surface area contributed by atoms with Gasteiger partial charge in [-0.25, -0.2) is 0 Å². The third-order valence-electron chi connectivity index (χ3n) is 6.82. The number of allylic oxidation sites excluding steroid dienone is 2. The molecule has 0 fully saturated rings. The zero-order valence-corrected chi connectivity index (χ0v) is 24.6. The second kappa shape index (κ2) is 22.1. The lowest BCUT2D eigenvalue weighted by Gasteiger charge is -2.35. The minimum Gasteiger partial charge on any atom is -0.320 e. The Bertz CT molecular complexity index is 516. The minimum atomic E-state index is -3.55. The molecule has 1 N–H and O–H groups in total. The van der Waals surface area contributed by atoms with Crippen LogP contribution >= 0.6 is 7.60 Å². The molecule has 0 aromatic rings. The largest absolute Gasteiger partial charge is 0.385 e. The topological polar surface area (TPSA) is 46.5 Å². The molecule has 2 unspecified atom stereocenters. The fourth-order valence-electron chi connectivity index (χ4n) is 4.73. The van der Waals surface area contributed by atoms with E-state index in [1.165, 1.54) is 109 Å². The fraction of sp³-hybridized carbons (Fsp3) is 0.931. The maximum atomic E-state index is 12.5. The van der Waals surface area contributed by atoms with Gasteiger partial charge in [0, 0.05) is 6.42 Å². The first-order chi connectivity index (χ1) is 16.3. The second-order valence-electron chi connectivity index (χ2n) is 11.1. The second-order valence-corrected chi connectivity index (χ2v) is 13.1. The quantitative estimate of drug-likeness (QED) is 0.0585. The van der Waals surface area contributed by atoms with Gasteiger partial charge >= 0.3 is 7.60 Å². The lowest BCUT2D eigenvalue weighted by molar-refractivity contribution is -0.883. The SMILES string of the molecule is CCCCCCCCCCC/C=C\CCCCCCCCCCOP(=O)(O)C(CC)[N+](C)(C)C. The van der Waals surface area contributed by atoms with Crippen molar-refractivity contribution in [1.82, 2.24) is 0 Å². The molecule has 0 radical (unpaired) electrons. The molecule has 0 heterocycles. The Balaban J connectivity index is 3.42. The summed E-state index contributed by atoms with van der Waals surface area (Å²) in [5.74, 6) is -0.350. The maximum Gasteiger partial charge on any atom is 0.385 e. The third-order valence-corrected chi connectivity index (χ3v) is 9.18. The first kappa shape index (κ1) is 33.8. The molecule has 0 spiro atoms. The van der Waals surface area contributed by atoms with Crippen LogP contribution in [0, 0.1) is 0 Å². The highest BCUT2D eigenvalue weighted by Gasteiger charge is 2.41. The Labute approximate surface area is 214 Å². The molecular formula is C29H61NO3P+. The molecule has 0 saturated carbocycles. The molecule has 2 atom stereocenters. The lowest BCUT2D eigenvalue weighted by Crippen LogP contribution is -2.44. The van der Waals surface area contributed by atoms with Crippen molar-refractivity contribution in [3.63, 3.8) is 0 Å². The summed E-state index contributed by atoms with van der Waals surface area (Å²) in [6, 6.07) is 0. The summed E-state index contributed by atoms with van der Waals surface area (Å²) >= 11 is 0. The molecule has 0 rings (SSSR count). The Morgan fingerprint density at radius 3 is 1.44 bits per heavy atom. The predicted molar refractivity (Wildman–Crippen MR) is 150 cm³/mol. The molecular weight excluding hydrogens is 441 g/mol. The highest BCUT2D eigenvalue weighted by Crippen LogP contribution is 2.51. The van der Waals surface area contributed by atoms with E-state index in [4.69, 9.17) is 4.52 Å². The van der Waals surface area contributed by atoms with E-state index < -0.39 is 7.60 Å². The molecule has 0 aliphatic heterocycles. The smallest absolute Gasteiger partial charge is 0.320 e. The van der Waals surface area contributed by atoms with E-state index in [0.29, 0.717) is 17.5 Å². The minimum absolute atomic E-state index is 0.350. The predicted octanol–water partition coefficient (Wildman–Crippen LogP) is 9.62. The zero-order valence-electron chi connectivity index (χ0n) is 23.7. The number of hydrogen-bond acceptors (Lipinski definition) is 2. The van der Waals surface area contributed by atoms with Crippen LogP contribution in [0.3, 0.4) is 0 Å². The molecule has 0 saturated heterocycles. The van der Waals surface area contributed by atoms with Crippen molar-refractivity contribution in [1.29, 1.82) is 0 Å². The zero-order chi connectivity index (χ0) is 25.5. The van der Waals surface area contributed by atoms with Gasteiger partial charge in [-0.2, -0.15) is 0 Å². The Hall–Kier alpha value is -0.150. The first-order valence-corrected chi connectivity index (χ1v) is 16.3. The van der Waals surface area contributed by atoms with Crippen LogP contribution in [-0.4, -0.2) is 42.9 Å². The molecule has 0 aromatic heterocycles. The van der Waals surface area contributed by atoms with E-state index >= 15 is 0 Å². The van der Waals surface area contributed by atoms with Gasteiger partial charge in [-0.15, -0.1) is 0 Å². The Kier molecular flexibility index (Phi) is 22.0. The molecule has 0 bridgehead atoms. The van der Waals surface area contributed by atoms with E-state index in [1.807, 2.05) is 28.1 Å². The van der Waals surface area contributed by atoms with Crippen molar-refractivity contribution in [3.05, 3.63) is 12.2 Å². The van der Waals surface area contributed by atoms with Crippen LogP contribution in [-0.2, 0) is 9.09 Å². The standard InChI is InChI=1S/C29H60NO3P/c1-6-8-9-10-11-12-13-14-15-16-17-18-19-20-21-22-23-24-25-26-27-28-33-34(31,32)29(7-2)30(3,4)5/h17-18,29H,6-16,19-28H2,1-5H3/p+1/b18-17-. The highest BCUT2D eigenvalue weighted by atomic mass is 31.2. The van der Waals surface area contributed by atoms with Crippen LogP contribution in [0.2, 0.25) is 0 Å². The van der Waals surface area contributed by atoms with Gasteiger partial charge in [0.2, 0.25) is 0 Å². The van der Waals surface area contributed by atoms with E-state index in [0.717, 1.165) is 12.8 Å². The van der Waals surface area contributed by atoms with Crippen molar-refractivity contribution >= 4 is 7.60 Å². The van der Waals surface area contributed by atoms with Crippen molar-refractivity contribution < 1.29 is 18.5 Å². The van der Waals surface area contributed by atoms with Crippen molar-refractivity contribution in [2.24, 2.45) is 0 Å². The molecule has 204 valence electrons. The van der Waals surface area contributed by atoms with Gasteiger partial charge in [-0.1, -0.05) is 116 Å². The summed E-state index contributed by atoms with van der Waals surface area (Å²) in [6.07, 6.45) is 30.3. The number of hydrogen-bond donors (Lipinski definition) is 1. The van der Waals surface area contributed by atoms with E-state index in [2.05, 4.69) is 19.1 Å². The molecule has 0 aliphatic rings. The van der Waals surface area contributed by atoms with Crippen LogP contribution in [0.15, 0.2) is 12.2 Å². The Morgan fingerprint density at radius 2 is 1.06 bits per heavy atom. The molecule has 0 amide bonds. The molecule has 0 aliphatic carbocycles. The number of unbranched alkanes of at least 4 members (excludes halogenated alkanes) is 17. The normalized spacial score (nSPS) is 15.1. The van der Waals surface area contributed by atoms with Gasteiger partial charge in [0.1, 0.15) is 0 Å².